The first-order valence-corrected chi connectivity index (χ1v) is 11.9. The Morgan fingerprint density at radius 1 is 1.09 bits per heavy atom. The molecule has 3 heterocycles. The molecule has 172 valence electrons. The first-order valence-electron chi connectivity index (χ1n) is 11.9. The molecule has 4 rings (SSSR count). The molecule has 0 spiro atoms. The lowest BCUT2D eigenvalue weighted by atomic mass is 9.96. The minimum atomic E-state index is -0.110. The highest BCUT2D eigenvalue weighted by atomic mass is 16.2. The zero-order valence-electron chi connectivity index (χ0n) is 19.3. The van der Waals surface area contributed by atoms with Crippen molar-refractivity contribution in [2.45, 2.75) is 33.2 Å². The zero-order valence-corrected chi connectivity index (χ0v) is 19.3. The van der Waals surface area contributed by atoms with Gasteiger partial charge in [0, 0.05) is 51.9 Å². The summed E-state index contributed by atoms with van der Waals surface area (Å²) < 4.78 is 1.49. The van der Waals surface area contributed by atoms with E-state index in [0.717, 1.165) is 63.4 Å². The summed E-state index contributed by atoms with van der Waals surface area (Å²) in [6.45, 7) is 11.1. The maximum Gasteiger partial charge on any atom is 0.269 e. The summed E-state index contributed by atoms with van der Waals surface area (Å²) in [4.78, 5) is 32.5. The van der Waals surface area contributed by atoms with Gasteiger partial charge in [-0.15, -0.1) is 0 Å². The van der Waals surface area contributed by atoms with Gasteiger partial charge < -0.3 is 9.80 Å². The monoisotopic (exact) mass is 437 g/mol. The second kappa shape index (κ2) is 10.3. The summed E-state index contributed by atoms with van der Waals surface area (Å²) in [6.07, 6.45) is 3.64. The van der Waals surface area contributed by atoms with E-state index in [1.54, 1.807) is 12.3 Å². The van der Waals surface area contributed by atoms with Gasteiger partial charge in [0.2, 0.25) is 5.91 Å². The molecule has 2 aliphatic rings. The number of anilines is 1. The number of benzene rings is 1. The Balaban J connectivity index is 1.36. The van der Waals surface area contributed by atoms with E-state index >= 15 is 0 Å². The van der Waals surface area contributed by atoms with E-state index < -0.39 is 0 Å². The third-order valence-electron chi connectivity index (χ3n) is 6.47. The molecule has 0 unspecified atom stereocenters. The highest BCUT2D eigenvalue weighted by Crippen LogP contribution is 2.24. The molecule has 1 aromatic carbocycles. The van der Waals surface area contributed by atoms with Crippen LogP contribution >= 0.6 is 0 Å². The first-order chi connectivity index (χ1) is 15.5. The lowest BCUT2D eigenvalue weighted by Crippen LogP contribution is -2.53. The van der Waals surface area contributed by atoms with Crippen molar-refractivity contribution < 1.29 is 4.79 Å². The zero-order chi connectivity index (χ0) is 22.5. The SMILES string of the molecule is CC(C)CN1CCN(C(=O)[C@H]2CCCN(c3cnn(Cc4ccccc4)c(=O)c3)C2)CC1. The number of aromatic nitrogens is 2. The topological polar surface area (TPSA) is 61.7 Å². The first kappa shape index (κ1) is 22.5. The third kappa shape index (κ3) is 5.57. The van der Waals surface area contributed by atoms with Crippen LogP contribution < -0.4 is 10.5 Å². The van der Waals surface area contributed by atoms with Crippen molar-refractivity contribution in [1.82, 2.24) is 19.6 Å². The summed E-state index contributed by atoms with van der Waals surface area (Å²) in [5.74, 6) is 0.914. The van der Waals surface area contributed by atoms with Gasteiger partial charge in [0.25, 0.3) is 5.56 Å². The Morgan fingerprint density at radius 2 is 1.84 bits per heavy atom. The molecule has 1 amide bonds. The lowest BCUT2D eigenvalue weighted by Gasteiger charge is -2.39. The Labute approximate surface area is 190 Å². The molecule has 32 heavy (non-hydrogen) atoms. The van der Waals surface area contributed by atoms with Crippen molar-refractivity contribution in [2.75, 3.05) is 50.7 Å². The van der Waals surface area contributed by atoms with E-state index in [2.05, 4.69) is 28.7 Å². The van der Waals surface area contributed by atoms with Gasteiger partial charge in [-0.05, 0) is 24.3 Å². The number of piperazine rings is 1. The molecule has 0 N–H and O–H groups in total. The maximum absolute atomic E-state index is 13.2. The van der Waals surface area contributed by atoms with Crippen LogP contribution in [0, 0.1) is 11.8 Å². The van der Waals surface area contributed by atoms with E-state index in [1.165, 1.54) is 4.68 Å². The molecule has 1 atom stereocenters. The number of hydrogen-bond donors (Lipinski definition) is 0. The van der Waals surface area contributed by atoms with Crippen molar-refractivity contribution in [3.63, 3.8) is 0 Å². The van der Waals surface area contributed by atoms with Gasteiger partial charge in [-0.3, -0.25) is 14.5 Å². The molecule has 0 aliphatic carbocycles. The number of carbonyl (C=O) groups is 1. The quantitative estimate of drug-likeness (QED) is 0.694. The second-order valence-electron chi connectivity index (χ2n) is 9.50. The summed E-state index contributed by atoms with van der Waals surface area (Å²) >= 11 is 0. The normalized spacial score (nSPS) is 20.0. The Bertz CT molecular complexity index is 950. The van der Waals surface area contributed by atoms with Gasteiger partial charge >= 0.3 is 0 Å². The molecule has 2 aromatic rings. The molecule has 0 saturated carbocycles. The van der Waals surface area contributed by atoms with Crippen LogP contribution in [0.25, 0.3) is 0 Å². The Morgan fingerprint density at radius 3 is 2.53 bits per heavy atom. The number of amides is 1. The fraction of sp³-hybridized carbons (Fsp3) is 0.560. The summed E-state index contributed by atoms with van der Waals surface area (Å²) in [6, 6.07) is 11.5. The Kier molecular flexibility index (Phi) is 7.25. The van der Waals surface area contributed by atoms with Crippen LogP contribution in [0.2, 0.25) is 0 Å². The average Bonchev–Trinajstić information content (AvgIpc) is 2.81. The van der Waals surface area contributed by atoms with Crippen molar-refractivity contribution in [1.29, 1.82) is 0 Å². The van der Waals surface area contributed by atoms with Crippen molar-refractivity contribution in [3.8, 4) is 0 Å². The van der Waals surface area contributed by atoms with E-state index in [4.69, 9.17) is 0 Å². The molecule has 0 bridgehead atoms. The van der Waals surface area contributed by atoms with E-state index in [9.17, 15) is 9.59 Å². The van der Waals surface area contributed by atoms with Crippen LogP contribution in [0.1, 0.15) is 32.3 Å². The number of nitrogens with zero attached hydrogens (tertiary/aromatic N) is 5. The summed E-state index contributed by atoms with van der Waals surface area (Å²) in [7, 11) is 0. The summed E-state index contributed by atoms with van der Waals surface area (Å²) in [5, 5.41) is 4.40. The van der Waals surface area contributed by atoms with Gasteiger partial charge in [0.1, 0.15) is 0 Å². The highest BCUT2D eigenvalue weighted by Gasteiger charge is 2.31. The van der Waals surface area contributed by atoms with Crippen LogP contribution in [-0.4, -0.2) is 71.3 Å². The number of rotatable bonds is 6. The van der Waals surface area contributed by atoms with Crippen molar-refractivity contribution >= 4 is 11.6 Å². The molecule has 2 fully saturated rings. The maximum atomic E-state index is 13.2. The molecule has 2 aliphatic heterocycles. The van der Waals surface area contributed by atoms with Crippen LogP contribution in [0.4, 0.5) is 5.69 Å². The molecule has 0 radical (unpaired) electrons. The second-order valence-corrected chi connectivity index (χ2v) is 9.50. The molecule has 7 heteroatoms. The standard InChI is InChI=1S/C25H35N5O2/c1-20(2)17-27-11-13-28(14-12-27)25(32)22-9-6-10-29(19-22)23-15-24(31)30(26-16-23)18-21-7-4-3-5-8-21/h3-5,7-8,15-16,20,22H,6,9-14,17-19H2,1-2H3/t22-/m0/s1. The van der Waals surface area contributed by atoms with E-state index in [-0.39, 0.29) is 17.4 Å². The van der Waals surface area contributed by atoms with Gasteiger partial charge in [-0.1, -0.05) is 44.2 Å². The highest BCUT2D eigenvalue weighted by molar-refractivity contribution is 5.80. The molecule has 7 nitrogen and oxygen atoms in total. The van der Waals surface area contributed by atoms with Crippen molar-refractivity contribution in [3.05, 3.63) is 58.5 Å². The van der Waals surface area contributed by atoms with Gasteiger partial charge in [-0.2, -0.15) is 5.10 Å². The molecular formula is C25H35N5O2. The summed E-state index contributed by atoms with van der Waals surface area (Å²) in [5.41, 5.74) is 1.76. The van der Waals surface area contributed by atoms with Crippen LogP contribution in [0.15, 0.2) is 47.4 Å². The average molecular weight is 438 g/mol. The third-order valence-corrected chi connectivity index (χ3v) is 6.47. The smallest absolute Gasteiger partial charge is 0.269 e. The minimum Gasteiger partial charge on any atom is -0.369 e. The number of hydrogen-bond acceptors (Lipinski definition) is 5. The minimum absolute atomic E-state index is 0.00727. The number of piperidine rings is 1. The lowest BCUT2D eigenvalue weighted by molar-refractivity contribution is -0.137. The Hall–Kier alpha value is -2.67. The van der Waals surface area contributed by atoms with Gasteiger partial charge in [0.05, 0.1) is 24.3 Å². The predicted octanol–water partition coefficient (Wildman–Crippen LogP) is 2.31. The van der Waals surface area contributed by atoms with Crippen molar-refractivity contribution in [2.24, 2.45) is 11.8 Å². The number of carbonyl (C=O) groups excluding carboxylic acids is 1. The van der Waals surface area contributed by atoms with Crippen LogP contribution in [0.5, 0.6) is 0 Å². The van der Waals surface area contributed by atoms with Gasteiger partial charge in [0.15, 0.2) is 0 Å². The van der Waals surface area contributed by atoms with Crippen LogP contribution in [-0.2, 0) is 11.3 Å². The van der Waals surface area contributed by atoms with Crippen LogP contribution in [0.3, 0.4) is 0 Å². The van der Waals surface area contributed by atoms with E-state index in [0.29, 0.717) is 19.0 Å². The molecular weight excluding hydrogens is 402 g/mol. The molecule has 1 aromatic heterocycles. The molecule has 2 saturated heterocycles. The fourth-order valence-electron chi connectivity index (χ4n) is 4.81. The van der Waals surface area contributed by atoms with E-state index in [1.807, 2.05) is 35.2 Å². The van der Waals surface area contributed by atoms with Gasteiger partial charge in [-0.25, -0.2) is 4.68 Å². The predicted molar refractivity (Wildman–Crippen MR) is 127 cm³/mol. The largest absolute Gasteiger partial charge is 0.369 e. The fourth-order valence-corrected chi connectivity index (χ4v) is 4.81.